The van der Waals surface area contributed by atoms with Crippen LogP contribution in [-0.2, 0) is 4.79 Å². The van der Waals surface area contributed by atoms with Gasteiger partial charge >= 0.3 is 0 Å². The van der Waals surface area contributed by atoms with Crippen LogP contribution in [0.15, 0.2) is 54.6 Å². The lowest BCUT2D eigenvalue weighted by molar-refractivity contribution is -0.103. The summed E-state index contributed by atoms with van der Waals surface area (Å²) in [5.74, 6) is 0. The standard InChI is InChI=1S/C22H22F2O/c1-3-4-10-18(15-25)19-13-8-9-16(2)20(19)14-21(22(23)24)17-11-6-5-7-12-17/h5-15,22H,3-4H2,1-2H3/b18-10+,21-14-. The molecule has 0 spiro atoms. The highest BCUT2D eigenvalue weighted by Crippen LogP contribution is 2.30. The summed E-state index contributed by atoms with van der Waals surface area (Å²) >= 11 is 0. The number of allylic oxidation sites excluding steroid dienone is 3. The Kier molecular flexibility index (Phi) is 6.81. The zero-order valence-corrected chi connectivity index (χ0v) is 14.5. The summed E-state index contributed by atoms with van der Waals surface area (Å²) in [7, 11) is 0. The molecule has 25 heavy (non-hydrogen) atoms. The summed E-state index contributed by atoms with van der Waals surface area (Å²) in [6.45, 7) is 3.89. The molecule has 0 N–H and O–H groups in total. The summed E-state index contributed by atoms with van der Waals surface area (Å²) in [6.07, 6.45) is 3.25. The van der Waals surface area contributed by atoms with E-state index in [1.807, 2.05) is 38.1 Å². The number of carbonyl (C=O) groups is 1. The average Bonchev–Trinajstić information content (AvgIpc) is 2.62. The highest BCUT2D eigenvalue weighted by atomic mass is 19.3. The highest BCUT2D eigenvalue weighted by molar-refractivity contribution is 6.09. The number of aryl methyl sites for hydroxylation is 1. The third-order valence-corrected chi connectivity index (χ3v) is 4.06. The van der Waals surface area contributed by atoms with Crippen molar-refractivity contribution in [2.75, 3.05) is 0 Å². The van der Waals surface area contributed by atoms with Crippen molar-refractivity contribution in [1.29, 1.82) is 0 Å². The molecule has 2 aromatic rings. The molecule has 0 aliphatic rings. The van der Waals surface area contributed by atoms with Crippen molar-refractivity contribution in [2.24, 2.45) is 0 Å². The van der Waals surface area contributed by atoms with Crippen LogP contribution in [-0.4, -0.2) is 12.7 Å². The van der Waals surface area contributed by atoms with Crippen LogP contribution >= 0.6 is 0 Å². The third kappa shape index (κ3) is 4.72. The molecule has 2 aromatic carbocycles. The summed E-state index contributed by atoms with van der Waals surface area (Å²) in [6, 6.07) is 14.1. The van der Waals surface area contributed by atoms with Gasteiger partial charge in [-0.3, -0.25) is 4.79 Å². The fourth-order valence-corrected chi connectivity index (χ4v) is 2.70. The molecule has 0 aromatic heterocycles. The fraction of sp³-hybridized carbons (Fsp3) is 0.227. The monoisotopic (exact) mass is 340 g/mol. The predicted octanol–water partition coefficient (Wildman–Crippen LogP) is 6.18. The molecule has 0 saturated carbocycles. The molecule has 0 unspecified atom stereocenters. The molecule has 0 atom stereocenters. The second-order valence-corrected chi connectivity index (χ2v) is 5.87. The number of benzene rings is 2. The third-order valence-electron chi connectivity index (χ3n) is 4.06. The first-order valence-electron chi connectivity index (χ1n) is 8.39. The van der Waals surface area contributed by atoms with E-state index in [4.69, 9.17) is 0 Å². The number of hydrogen-bond acceptors (Lipinski definition) is 1. The van der Waals surface area contributed by atoms with Crippen LogP contribution in [0.3, 0.4) is 0 Å². The van der Waals surface area contributed by atoms with Crippen molar-refractivity contribution >= 4 is 23.5 Å². The number of hydrogen-bond donors (Lipinski definition) is 0. The van der Waals surface area contributed by atoms with E-state index in [0.717, 1.165) is 24.7 Å². The fourth-order valence-electron chi connectivity index (χ4n) is 2.70. The topological polar surface area (TPSA) is 17.1 Å². The normalized spacial score (nSPS) is 12.5. The van der Waals surface area contributed by atoms with Crippen LogP contribution in [0.4, 0.5) is 8.78 Å². The van der Waals surface area contributed by atoms with Gasteiger partial charge in [-0.15, -0.1) is 0 Å². The summed E-state index contributed by atoms with van der Waals surface area (Å²) in [5.41, 5.74) is 3.19. The molecule has 2 rings (SSSR count). The second kappa shape index (κ2) is 9.07. The maximum atomic E-state index is 13.7. The van der Waals surface area contributed by atoms with Gasteiger partial charge in [-0.05, 0) is 41.7 Å². The van der Waals surface area contributed by atoms with Crippen LogP contribution in [0.25, 0.3) is 17.2 Å². The lowest BCUT2D eigenvalue weighted by Crippen LogP contribution is -1.99. The van der Waals surface area contributed by atoms with Crippen LogP contribution in [0.1, 0.15) is 42.0 Å². The van der Waals surface area contributed by atoms with Gasteiger partial charge in [0.1, 0.15) is 6.29 Å². The minimum Gasteiger partial charge on any atom is -0.298 e. The Morgan fingerprint density at radius 3 is 2.40 bits per heavy atom. The van der Waals surface area contributed by atoms with E-state index < -0.39 is 6.43 Å². The van der Waals surface area contributed by atoms with Gasteiger partial charge in [-0.25, -0.2) is 8.78 Å². The minimum absolute atomic E-state index is 0.0445. The lowest BCUT2D eigenvalue weighted by Gasteiger charge is -2.13. The number of carbonyl (C=O) groups excluding carboxylic acids is 1. The van der Waals surface area contributed by atoms with Gasteiger partial charge in [0, 0.05) is 11.1 Å². The van der Waals surface area contributed by atoms with E-state index in [1.165, 1.54) is 6.08 Å². The first-order chi connectivity index (χ1) is 12.1. The first-order valence-corrected chi connectivity index (χ1v) is 8.39. The van der Waals surface area contributed by atoms with Crippen molar-refractivity contribution in [1.82, 2.24) is 0 Å². The van der Waals surface area contributed by atoms with E-state index in [-0.39, 0.29) is 5.57 Å². The Labute approximate surface area is 147 Å². The molecular formula is C22H22F2O. The summed E-state index contributed by atoms with van der Waals surface area (Å²) < 4.78 is 27.3. The van der Waals surface area contributed by atoms with Gasteiger partial charge in [-0.1, -0.05) is 68.0 Å². The largest absolute Gasteiger partial charge is 0.298 e. The van der Waals surface area contributed by atoms with Crippen molar-refractivity contribution in [3.8, 4) is 0 Å². The maximum absolute atomic E-state index is 13.7. The second-order valence-electron chi connectivity index (χ2n) is 5.87. The van der Waals surface area contributed by atoms with Gasteiger partial charge in [0.15, 0.2) is 0 Å². The Hall–Kier alpha value is -2.55. The minimum atomic E-state index is -2.60. The summed E-state index contributed by atoms with van der Waals surface area (Å²) in [5, 5.41) is 0. The molecule has 0 heterocycles. The quantitative estimate of drug-likeness (QED) is 0.334. The van der Waals surface area contributed by atoms with Crippen LogP contribution < -0.4 is 0 Å². The van der Waals surface area contributed by atoms with Crippen molar-refractivity contribution < 1.29 is 13.6 Å². The molecule has 0 aliphatic carbocycles. The van der Waals surface area contributed by atoms with Crippen LogP contribution in [0, 0.1) is 6.92 Å². The van der Waals surface area contributed by atoms with Crippen molar-refractivity contribution in [2.45, 2.75) is 33.1 Å². The highest BCUT2D eigenvalue weighted by Gasteiger charge is 2.16. The van der Waals surface area contributed by atoms with Crippen LogP contribution in [0.2, 0.25) is 0 Å². The summed E-state index contributed by atoms with van der Waals surface area (Å²) in [4.78, 5) is 11.5. The molecule has 0 amide bonds. The van der Waals surface area contributed by atoms with E-state index in [0.29, 0.717) is 22.3 Å². The molecule has 3 heteroatoms. The van der Waals surface area contributed by atoms with E-state index in [9.17, 15) is 13.6 Å². The van der Waals surface area contributed by atoms with Gasteiger partial charge < -0.3 is 0 Å². The number of alkyl halides is 2. The average molecular weight is 340 g/mol. The van der Waals surface area contributed by atoms with Gasteiger partial charge in [-0.2, -0.15) is 0 Å². The van der Waals surface area contributed by atoms with Crippen molar-refractivity contribution in [3.63, 3.8) is 0 Å². The van der Waals surface area contributed by atoms with E-state index in [2.05, 4.69) is 0 Å². The molecule has 130 valence electrons. The van der Waals surface area contributed by atoms with Gasteiger partial charge in [0.05, 0.1) is 0 Å². The zero-order chi connectivity index (χ0) is 18.2. The molecular weight excluding hydrogens is 318 g/mol. The smallest absolute Gasteiger partial charge is 0.264 e. The first kappa shape index (κ1) is 18.8. The Morgan fingerprint density at radius 1 is 1.08 bits per heavy atom. The SMILES string of the molecule is CCC/C=C(\C=O)c1cccc(C)c1/C=C(/c1ccccc1)C(F)F. The van der Waals surface area contributed by atoms with Crippen LogP contribution in [0.5, 0.6) is 0 Å². The number of aldehydes is 1. The predicted molar refractivity (Wildman–Crippen MR) is 100 cm³/mol. The Bertz CT molecular complexity index is 774. The van der Waals surface area contributed by atoms with E-state index in [1.54, 1.807) is 30.3 Å². The Morgan fingerprint density at radius 2 is 1.80 bits per heavy atom. The molecule has 0 fully saturated rings. The lowest BCUT2D eigenvalue weighted by atomic mass is 9.92. The number of unbranched alkanes of at least 4 members (excludes halogenated alkanes) is 1. The van der Waals surface area contributed by atoms with Gasteiger partial charge in [0.2, 0.25) is 0 Å². The zero-order valence-electron chi connectivity index (χ0n) is 14.5. The molecule has 0 saturated heterocycles. The van der Waals surface area contributed by atoms with Gasteiger partial charge in [0.25, 0.3) is 6.43 Å². The molecule has 0 bridgehead atoms. The van der Waals surface area contributed by atoms with E-state index >= 15 is 0 Å². The molecule has 0 aliphatic heterocycles. The molecule has 1 nitrogen and oxygen atoms in total. The number of rotatable bonds is 7. The van der Waals surface area contributed by atoms with Crippen molar-refractivity contribution in [3.05, 3.63) is 76.9 Å². The number of halogens is 2. The Balaban J connectivity index is 2.63. The molecule has 0 radical (unpaired) electrons. The maximum Gasteiger partial charge on any atom is 0.264 e.